The molecule has 0 saturated carbocycles. The van der Waals surface area contributed by atoms with E-state index < -0.39 is 21.8 Å². The van der Waals surface area contributed by atoms with E-state index in [0.717, 1.165) is 0 Å². The third-order valence-corrected chi connectivity index (χ3v) is 0. The summed E-state index contributed by atoms with van der Waals surface area (Å²) in [6.45, 7) is 5.25. The SMILES string of the molecule is C=CC.F[B-](F)(F)F.F[B-](F)(F)F.F[B-](F)(F)F.[H-].[K+]. The number of hydrogen-bond donors (Lipinski definition) is 0. The molecule has 0 aliphatic heterocycles. The van der Waals surface area contributed by atoms with Crippen LogP contribution in [-0.4, -0.2) is 21.8 Å². The predicted octanol–water partition coefficient (Wildman–Crippen LogP) is 2.21. The molecule has 0 N–H and O–H groups in total. The first-order chi connectivity index (χ1) is 7.41. The monoisotopic (exact) mass is 343 g/mol. The van der Waals surface area contributed by atoms with Crippen LogP contribution in [0.4, 0.5) is 51.8 Å². The van der Waals surface area contributed by atoms with Gasteiger partial charge in [-0.25, -0.2) is 0 Å². The molecule has 0 fully saturated rings. The quantitative estimate of drug-likeness (QED) is 0.360. The van der Waals surface area contributed by atoms with Gasteiger partial charge in [0, 0.05) is 0 Å². The molecule has 116 valence electrons. The van der Waals surface area contributed by atoms with Crippen LogP contribution in [0, 0.1) is 0 Å². The maximum absolute atomic E-state index is 9.75. The van der Waals surface area contributed by atoms with Crippen LogP contribution in [0.15, 0.2) is 12.7 Å². The zero-order valence-electron chi connectivity index (χ0n) is 10.6. The van der Waals surface area contributed by atoms with Gasteiger partial charge in [0.05, 0.1) is 0 Å². The summed E-state index contributed by atoms with van der Waals surface area (Å²) in [6, 6.07) is 0. The summed E-state index contributed by atoms with van der Waals surface area (Å²) in [4.78, 5) is 0. The zero-order chi connectivity index (χ0) is 16.2. The van der Waals surface area contributed by atoms with Crippen LogP contribution in [0.2, 0.25) is 0 Å². The van der Waals surface area contributed by atoms with Gasteiger partial charge in [0.25, 0.3) is 0 Å². The first kappa shape index (κ1) is 31.9. The number of rotatable bonds is 0. The van der Waals surface area contributed by atoms with Crippen molar-refractivity contribution in [3.05, 3.63) is 12.7 Å². The van der Waals surface area contributed by atoms with Crippen molar-refractivity contribution in [1.82, 2.24) is 0 Å². The first-order valence-electron chi connectivity index (χ1n) is 3.60. The Kier molecular flexibility index (Phi) is 25.4. The van der Waals surface area contributed by atoms with E-state index in [9.17, 15) is 51.8 Å². The molecule has 0 heterocycles. The summed E-state index contributed by atoms with van der Waals surface area (Å²) in [5.41, 5.74) is 0. The Morgan fingerprint density at radius 2 is 0.632 bits per heavy atom. The molecule has 0 aromatic heterocycles. The van der Waals surface area contributed by atoms with Crippen LogP contribution in [0.1, 0.15) is 8.35 Å². The zero-order valence-corrected chi connectivity index (χ0v) is 12.7. The van der Waals surface area contributed by atoms with E-state index in [1.807, 2.05) is 6.92 Å². The Hall–Kier alpha value is 0.731. The number of allylic oxidation sites excluding steroid dienone is 1. The Morgan fingerprint density at radius 1 is 0.632 bits per heavy atom. The molecule has 0 aliphatic rings. The summed E-state index contributed by atoms with van der Waals surface area (Å²) < 4.78 is 117. The summed E-state index contributed by atoms with van der Waals surface area (Å²) in [7, 11) is -18.0. The van der Waals surface area contributed by atoms with Gasteiger partial charge in [0.1, 0.15) is 0 Å². The minimum absolute atomic E-state index is 0. The second-order valence-electron chi connectivity index (χ2n) is 1.89. The normalized spacial score (nSPS) is 10.2. The molecule has 0 aliphatic carbocycles. The largest absolute Gasteiger partial charge is 1.00 e. The van der Waals surface area contributed by atoms with Crippen LogP contribution in [0.3, 0.4) is 0 Å². The smallest absolute Gasteiger partial charge is 1.00 e. The molecular weight excluding hydrogens is 336 g/mol. The molecule has 0 bridgehead atoms. The standard InChI is InChI=1S/C3H6.3BF4.K.H/c1-3-2;3*2-1(3,4)5;;/h3H,1H2,2H3;;;;;/q;3*-1;+1;-1. The molecule has 0 radical (unpaired) electrons. The molecule has 0 aromatic rings. The van der Waals surface area contributed by atoms with Crippen molar-refractivity contribution in [3.8, 4) is 0 Å². The van der Waals surface area contributed by atoms with Crippen LogP contribution >= 0.6 is 0 Å². The van der Waals surface area contributed by atoms with E-state index in [0.29, 0.717) is 0 Å². The van der Waals surface area contributed by atoms with E-state index in [-0.39, 0.29) is 52.8 Å². The van der Waals surface area contributed by atoms with Crippen molar-refractivity contribution >= 4 is 21.8 Å². The molecule has 0 amide bonds. The number of hydrogen-bond acceptors (Lipinski definition) is 0. The molecule has 0 aromatic carbocycles. The molecule has 0 rings (SSSR count). The second kappa shape index (κ2) is 15.1. The van der Waals surface area contributed by atoms with Crippen molar-refractivity contribution in [3.63, 3.8) is 0 Å². The summed E-state index contributed by atoms with van der Waals surface area (Å²) in [5.74, 6) is 0. The van der Waals surface area contributed by atoms with E-state index >= 15 is 0 Å². The van der Waals surface area contributed by atoms with Crippen molar-refractivity contribution in [2.75, 3.05) is 0 Å². The van der Waals surface area contributed by atoms with E-state index in [2.05, 4.69) is 6.58 Å². The summed E-state index contributed by atoms with van der Waals surface area (Å²) in [6.07, 6.45) is 1.75. The minimum Gasteiger partial charge on any atom is -1.00 e. The Balaban J connectivity index is -0.0000000321. The van der Waals surface area contributed by atoms with E-state index in [1.165, 1.54) is 0 Å². The number of halogens is 12. The van der Waals surface area contributed by atoms with Gasteiger partial charge in [-0.2, -0.15) is 0 Å². The topological polar surface area (TPSA) is 0 Å². The van der Waals surface area contributed by atoms with Crippen LogP contribution in [0.5, 0.6) is 0 Å². The summed E-state index contributed by atoms with van der Waals surface area (Å²) in [5, 5.41) is 0. The Morgan fingerprint density at radius 3 is 0.632 bits per heavy atom. The molecule has 0 saturated heterocycles. The van der Waals surface area contributed by atoms with Crippen molar-refractivity contribution in [2.24, 2.45) is 0 Å². The molecule has 0 unspecified atom stereocenters. The van der Waals surface area contributed by atoms with Gasteiger partial charge >= 0.3 is 73.1 Å². The molecule has 0 spiro atoms. The average Bonchev–Trinajstić information content (AvgIpc) is 1.71. The van der Waals surface area contributed by atoms with Gasteiger partial charge in [-0.05, 0) is 6.92 Å². The van der Waals surface area contributed by atoms with Gasteiger partial charge in [-0.15, -0.1) is 6.58 Å². The van der Waals surface area contributed by atoms with E-state index in [4.69, 9.17) is 0 Å². The first-order valence-corrected chi connectivity index (χ1v) is 3.60. The average molecular weight is 343 g/mol. The fourth-order valence-electron chi connectivity index (χ4n) is 0. The second-order valence-corrected chi connectivity index (χ2v) is 1.89. The fraction of sp³-hybridized carbons (Fsp3) is 0.333. The van der Waals surface area contributed by atoms with Gasteiger partial charge in [-0.3, -0.25) is 0 Å². The molecule has 0 nitrogen and oxygen atoms in total. The predicted molar refractivity (Wildman–Crippen MR) is 47.5 cm³/mol. The van der Waals surface area contributed by atoms with Gasteiger partial charge < -0.3 is 53.2 Å². The van der Waals surface area contributed by atoms with Crippen molar-refractivity contribution in [1.29, 1.82) is 0 Å². The maximum Gasteiger partial charge on any atom is 1.00 e. The van der Waals surface area contributed by atoms with E-state index in [1.54, 1.807) is 6.08 Å². The van der Waals surface area contributed by atoms with Crippen LogP contribution in [0.25, 0.3) is 0 Å². The maximum atomic E-state index is 9.75. The van der Waals surface area contributed by atoms with Gasteiger partial charge in [0.2, 0.25) is 0 Å². The minimum atomic E-state index is -6.00. The van der Waals surface area contributed by atoms with Crippen molar-refractivity contribution < 1.29 is 105 Å². The molecule has 19 heavy (non-hydrogen) atoms. The van der Waals surface area contributed by atoms with Crippen LogP contribution < -0.4 is 51.4 Å². The van der Waals surface area contributed by atoms with Crippen LogP contribution in [-0.2, 0) is 0 Å². The molecule has 16 heteroatoms. The third kappa shape index (κ3) is 9810. The van der Waals surface area contributed by atoms with Crippen molar-refractivity contribution in [2.45, 2.75) is 6.92 Å². The molecule has 0 atom stereocenters. The summed E-state index contributed by atoms with van der Waals surface area (Å²) >= 11 is 0. The van der Waals surface area contributed by atoms with Gasteiger partial charge in [-0.1, -0.05) is 6.08 Å². The Labute approximate surface area is 145 Å². The Bertz CT molecular complexity index is 141. The van der Waals surface area contributed by atoms with Gasteiger partial charge in [0.15, 0.2) is 0 Å². The third-order valence-electron chi connectivity index (χ3n) is 0. The fourth-order valence-corrected chi connectivity index (χ4v) is 0. The molecular formula is C3H7B3F12K-3.